The summed E-state index contributed by atoms with van der Waals surface area (Å²) in [4.78, 5) is 1.96. The Kier molecular flexibility index (Phi) is 2.15. The molecule has 2 aromatic rings. The SMILES string of the molecule is CN(C)c1ccc2cc(O)cc(O)c2c1. The van der Waals surface area contributed by atoms with Crippen LogP contribution in [0.3, 0.4) is 0 Å². The molecule has 15 heavy (non-hydrogen) atoms. The first kappa shape index (κ1) is 9.65. The Labute approximate surface area is 88.2 Å². The second-order valence-corrected chi connectivity index (χ2v) is 3.76. The van der Waals surface area contributed by atoms with E-state index in [1.54, 1.807) is 6.07 Å². The van der Waals surface area contributed by atoms with Crippen LogP contribution in [0.15, 0.2) is 30.3 Å². The summed E-state index contributed by atoms with van der Waals surface area (Å²) in [5.74, 6) is 0.186. The predicted octanol–water partition coefficient (Wildman–Crippen LogP) is 2.32. The van der Waals surface area contributed by atoms with Gasteiger partial charge in [-0.2, -0.15) is 0 Å². The maximum Gasteiger partial charge on any atom is 0.127 e. The summed E-state index contributed by atoms with van der Waals surface area (Å²) in [7, 11) is 3.89. The normalized spacial score (nSPS) is 10.5. The Morgan fingerprint density at radius 1 is 1.00 bits per heavy atom. The third kappa shape index (κ3) is 1.68. The van der Waals surface area contributed by atoms with Crippen LogP contribution in [0.1, 0.15) is 0 Å². The molecule has 3 heteroatoms. The molecule has 78 valence electrons. The highest BCUT2D eigenvalue weighted by Gasteiger charge is 2.04. The summed E-state index contributed by atoms with van der Waals surface area (Å²) in [5, 5.41) is 20.6. The van der Waals surface area contributed by atoms with Crippen LogP contribution in [-0.2, 0) is 0 Å². The predicted molar refractivity (Wildman–Crippen MR) is 61.6 cm³/mol. The molecular formula is C12H13NO2. The van der Waals surface area contributed by atoms with Crippen molar-refractivity contribution >= 4 is 16.5 Å². The zero-order valence-corrected chi connectivity index (χ0v) is 8.73. The van der Waals surface area contributed by atoms with Crippen LogP contribution >= 0.6 is 0 Å². The minimum atomic E-state index is 0.0811. The third-order valence-electron chi connectivity index (χ3n) is 2.42. The maximum atomic E-state index is 9.68. The number of anilines is 1. The second kappa shape index (κ2) is 3.35. The molecule has 0 amide bonds. The van der Waals surface area contributed by atoms with E-state index in [4.69, 9.17) is 0 Å². The molecule has 0 aliphatic carbocycles. The van der Waals surface area contributed by atoms with E-state index < -0.39 is 0 Å². The first-order valence-corrected chi connectivity index (χ1v) is 4.71. The lowest BCUT2D eigenvalue weighted by Crippen LogP contribution is -2.07. The number of benzene rings is 2. The highest BCUT2D eigenvalue weighted by atomic mass is 16.3. The summed E-state index contributed by atoms with van der Waals surface area (Å²) < 4.78 is 0. The number of nitrogens with zero attached hydrogens (tertiary/aromatic N) is 1. The van der Waals surface area contributed by atoms with Crippen molar-refractivity contribution in [3.05, 3.63) is 30.3 Å². The lowest BCUT2D eigenvalue weighted by Gasteiger charge is -2.13. The number of aromatic hydroxyl groups is 2. The van der Waals surface area contributed by atoms with Crippen molar-refractivity contribution in [2.75, 3.05) is 19.0 Å². The van der Waals surface area contributed by atoms with Crippen molar-refractivity contribution in [2.24, 2.45) is 0 Å². The zero-order chi connectivity index (χ0) is 11.0. The molecule has 0 bridgehead atoms. The maximum absolute atomic E-state index is 9.68. The van der Waals surface area contributed by atoms with Gasteiger partial charge in [-0.15, -0.1) is 0 Å². The Bertz CT molecular complexity index is 506. The molecule has 2 aromatic carbocycles. The standard InChI is InChI=1S/C12H13NO2/c1-13(2)9-4-3-8-5-10(14)7-12(15)11(8)6-9/h3-7,14-15H,1-2H3. The van der Waals surface area contributed by atoms with Crippen LogP contribution in [0, 0.1) is 0 Å². The Hall–Kier alpha value is -1.90. The molecule has 0 spiro atoms. The van der Waals surface area contributed by atoms with Crippen LogP contribution in [0.4, 0.5) is 5.69 Å². The molecule has 0 saturated carbocycles. The molecule has 0 saturated heterocycles. The lowest BCUT2D eigenvalue weighted by atomic mass is 10.1. The quantitative estimate of drug-likeness (QED) is 0.747. The molecule has 0 aromatic heterocycles. The summed E-state index contributed by atoms with van der Waals surface area (Å²) >= 11 is 0. The van der Waals surface area contributed by atoms with E-state index in [9.17, 15) is 10.2 Å². The Morgan fingerprint density at radius 3 is 2.40 bits per heavy atom. The van der Waals surface area contributed by atoms with Gasteiger partial charge >= 0.3 is 0 Å². The number of rotatable bonds is 1. The van der Waals surface area contributed by atoms with Crippen molar-refractivity contribution in [1.29, 1.82) is 0 Å². The number of hydrogen-bond acceptors (Lipinski definition) is 3. The van der Waals surface area contributed by atoms with Crippen molar-refractivity contribution < 1.29 is 10.2 Å². The monoisotopic (exact) mass is 203 g/mol. The topological polar surface area (TPSA) is 43.7 Å². The summed E-state index contributed by atoms with van der Waals surface area (Å²) in [6.07, 6.45) is 0. The van der Waals surface area contributed by atoms with Gasteiger partial charge in [-0.25, -0.2) is 0 Å². The highest BCUT2D eigenvalue weighted by Crippen LogP contribution is 2.32. The molecule has 3 nitrogen and oxygen atoms in total. The van der Waals surface area contributed by atoms with Crippen LogP contribution < -0.4 is 4.90 Å². The van der Waals surface area contributed by atoms with Gasteiger partial charge < -0.3 is 15.1 Å². The average molecular weight is 203 g/mol. The van der Waals surface area contributed by atoms with Gasteiger partial charge in [0, 0.05) is 31.2 Å². The van der Waals surface area contributed by atoms with E-state index in [-0.39, 0.29) is 11.5 Å². The average Bonchev–Trinajstić information content (AvgIpc) is 2.16. The highest BCUT2D eigenvalue weighted by molar-refractivity contribution is 5.92. The van der Waals surface area contributed by atoms with E-state index in [1.165, 1.54) is 6.07 Å². The van der Waals surface area contributed by atoms with Crippen molar-refractivity contribution in [2.45, 2.75) is 0 Å². The minimum Gasteiger partial charge on any atom is -0.508 e. The fraction of sp³-hybridized carbons (Fsp3) is 0.167. The largest absolute Gasteiger partial charge is 0.508 e. The summed E-state index contributed by atoms with van der Waals surface area (Å²) in [6.45, 7) is 0. The lowest BCUT2D eigenvalue weighted by molar-refractivity contribution is 0.455. The van der Waals surface area contributed by atoms with Crippen molar-refractivity contribution in [1.82, 2.24) is 0 Å². The molecule has 0 aliphatic heterocycles. The van der Waals surface area contributed by atoms with Crippen LogP contribution in [-0.4, -0.2) is 24.3 Å². The van der Waals surface area contributed by atoms with Gasteiger partial charge in [0.2, 0.25) is 0 Å². The van der Waals surface area contributed by atoms with Crippen LogP contribution in [0.25, 0.3) is 10.8 Å². The molecule has 0 radical (unpaired) electrons. The van der Waals surface area contributed by atoms with E-state index in [0.29, 0.717) is 0 Å². The van der Waals surface area contributed by atoms with E-state index in [1.807, 2.05) is 37.2 Å². The van der Waals surface area contributed by atoms with Crippen molar-refractivity contribution in [3.8, 4) is 11.5 Å². The summed E-state index contributed by atoms with van der Waals surface area (Å²) in [6, 6.07) is 8.70. The minimum absolute atomic E-state index is 0.0811. The fourth-order valence-corrected chi connectivity index (χ4v) is 1.59. The molecule has 0 aliphatic rings. The molecule has 0 heterocycles. The molecule has 2 rings (SSSR count). The first-order chi connectivity index (χ1) is 7.08. The first-order valence-electron chi connectivity index (χ1n) is 4.71. The molecule has 0 fully saturated rings. The van der Waals surface area contributed by atoms with Crippen LogP contribution in [0.2, 0.25) is 0 Å². The van der Waals surface area contributed by atoms with Gasteiger partial charge in [-0.1, -0.05) is 6.07 Å². The smallest absolute Gasteiger partial charge is 0.127 e. The number of hydrogen-bond donors (Lipinski definition) is 2. The fourth-order valence-electron chi connectivity index (χ4n) is 1.59. The number of fused-ring (bicyclic) bond motifs is 1. The van der Waals surface area contributed by atoms with Crippen LogP contribution in [0.5, 0.6) is 11.5 Å². The third-order valence-corrected chi connectivity index (χ3v) is 2.42. The number of phenolic OH excluding ortho intramolecular Hbond substituents is 2. The van der Waals surface area contributed by atoms with Gasteiger partial charge in [-0.3, -0.25) is 0 Å². The number of phenols is 2. The van der Waals surface area contributed by atoms with E-state index in [2.05, 4.69) is 0 Å². The van der Waals surface area contributed by atoms with Gasteiger partial charge in [0.15, 0.2) is 0 Å². The molecular weight excluding hydrogens is 190 g/mol. The Morgan fingerprint density at radius 2 is 1.73 bits per heavy atom. The Balaban J connectivity index is 2.71. The van der Waals surface area contributed by atoms with E-state index >= 15 is 0 Å². The van der Waals surface area contributed by atoms with Gasteiger partial charge in [0.25, 0.3) is 0 Å². The molecule has 0 atom stereocenters. The van der Waals surface area contributed by atoms with Crippen molar-refractivity contribution in [3.63, 3.8) is 0 Å². The van der Waals surface area contributed by atoms with E-state index in [0.717, 1.165) is 16.5 Å². The van der Waals surface area contributed by atoms with Gasteiger partial charge in [-0.05, 0) is 23.6 Å². The van der Waals surface area contributed by atoms with Gasteiger partial charge in [0.1, 0.15) is 11.5 Å². The molecule has 2 N–H and O–H groups in total. The molecule has 0 unspecified atom stereocenters. The second-order valence-electron chi connectivity index (χ2n) is 3.76. The summed E-state index contributed by atoms with van der Waals surface area (Å²) in [5.41, 5.74) is 1.02. The zero-order valence-electron chi connectivity index (χ0n) is 8.73. The van der Waals surface area contributed by atoms with Gasteiger partial charge in [0.05, 0.1) is 0 Å².